The van der Waals surface area contributed by atoms with Crippen LogP contribution in [-0.2, 0) is 0 Å². The molecule has 0 saturated carbocycles. The fraction of sp³-hybridized carbons (Fsp3) is 0.778. The lowest BCUT2D eigenvalue weighted by Crippen LogP contribution is -2.12. The van der Waals surface area contributed by atoms with Crippen LogP contribution in [0.5, 0.6) is 0 Å². The normalized spacial score (nSPS) is 10.9. The van der Waals surface area contributed by atoms with Gasteiger partial charge >= 0.3 is 0 Å². The molecule has 0 rings (SSSR count). The zero-order chi connectivity index (χ0) is 10.3. The molecule has 0 aliphatic rings. The molecule has 0 radical (unpaired) electrons. The number of hydrogen-bond acceptors (Lipinski definition) is 4. The summed E-state index contributed by atoms with van der Waals surface area (Å²) in [7, 11) is 0. The standard InChI is InChI=1S/C9H15NS3/c1-4-5-6-12-8(11)13-9(2,3)7-10/h4-6H2,1-3H3. The lowest BCUT2D eigenvalue weighted by atomic mass is 10.2. The fourth-order valence-corrected chi connectivity index (χ4v) is 3.61. The molecule has 0 aromatic carbocycles. The Bertz CT molecular complexity index is 205. The maximum absolute atomic E-state index is 8.77. The maximum Gasteiger partial charge on any atom is 0.105 e. The number of hydrogen-bond donors (Lipinski definition) is 0. The summed E-state index contributed by atoms with van der Waals surface area (Å²) in [5.74, 6) is 1.07. The second kappa shape index (κ2) is 6.69. The molecule has 0 bridgehead atoms. The molecule has 0 unspecified atom stereocenters. The summed E-state index contributed by atoms with van der Waals surface area (Å²) >= 11 is 8.33. The van der Waals surface area contributed by atoms with E-state index in [1.165, 1.54) is 24.6 Å². The van der Waals surface area contributed by atoms with Gasteiger partial charge in [0.05, 0.1) is 6.07 Å². The predicted octanol–water partition coefficient (Wildman–Crippen LogP) is 3.84. The van der Waals surface area contributed by atoms with Crippen molar-refractivity contribution in [2.24, 2.45) is 0 Å². The molecule has 0 saturated heterocycles. The Balaban J connectivity index is 3.70. The summed E-state index contributed by atoms with van der Waals surface area (Å²) in [4.78, 5) is 0. The zero-order valence-electron chi connectivity index (χ0n) is 8.29. The van der Waals surface area contributed by atoms with Crippen molar-refractivity contribution in [1.29, 1.82) is 5.26 Å². The largest absolute Gasteiger partial charge is 0.197 e. The minimum absolute atomic E-state index is 0.379. The first kappa shape index (κ1) is 13.3. The summed E-state index contributed by atoms with van der Waals surface area (Å²) in [6.45, 7) is 5.95. The van der Waals surface area contributed by atoms with Gasteiger partial charge in [0.25, 0.3) is 0 Å². The van der Waals surface area contributed by atoms with Crippen molar-refractivity contribution in [2.75, 3.05) is 5.75 Å². The Morgan fingerprint density at radius 3 is 2.62 bits per heavy atom. The molecule has 0 N–H and O–H groups in total. The Morgan fingerprint density at radius 2 is 2.15 bits per heavy atom. The van der Waals surface area contributed by atoms with Crippen LogP contribution in [0.15, 0.2) is 0 Å². The summed E-state index contributed by atoms with van der Waals surface area (Å²) < 4.78 is 0.510. The predicted molar refractivity (Wildman–Crippen MR) is 67.2 cm³/mol. The Labute approximate surface area is 94.7 Å². The molecule has 0 atom stereocenters. The van der Waals surface area contributed by atoms with Crippen LogP contribution in [0, 0.1) is 11.3 Å². The van der Waals surface area contributed by atoms with Crippen molar-refractivity contribution in [3.05, 3.63) is 0 Å². The van der Waals surface area contributed by atoms with Crippen molar-refractivity contribution in [2.45, 2.75) is 38.4 Å². The third-order valence-corrected chi connectivity index (χ3v) is 4.03. The lowest BCUT2D eigenvalue weighted by molar-refractivity contribution is 0.898. The molecule has 0 amide bonds. The monoisotopic (exact) mass is 233 g/mol. The topological polar surface area (TPSA) is 23.8 Å². The lowest BCUT2D eigenvalue weighted by Gasteiger charge is -2.14. The highest BCUT2D eigenvalue weighted by atomic mass is 32.2. The average molecular weight is 233 g/mol. The molecule has 0 heterocycles. The van der Waals surface area contributed by atoms with Gasteiger partial charge in [-0.05, 0) is 26.0 Å². The number of nitrogens with zero attached hydrogens (tertiary/aromatic N) is 1. The van der Waals surface area contributed by atoms with E-state index in [0.717, 1.165) is 9.28 Å². The summed E-state index contributed by atoms with van der Waals surface area (Å²) in [6.07, 6.45) is 2.39. The van der Waals surface area contributed by atoms with Gasteiger partial charge in [0.2, 0.25) is 0 Å². The second-order valence-corrected chi connectivity index (χ2v) is 7.10. The van der Waals surface area contributed by atoms with Crippen LogP contribution in [0.1, 0.15) is 33.6 Å². The van der Waals surface area contributed by atoms with Crippen molar-refractivity contribution in [1.82, 2.24) is 0 Å². The highest BCUT2D eigenvalue weighted by Crippen LogP contribution is 2.30. The van der Waals surface area contributed by atoms with Crippen LogP contribution >= 0.6 is 35.7 Å². The molecule has 0 aliphatic heterocycles. The molecule has 0 spiro atoms. The van der Waals surface area contributed by atoms with Gasteiger partial charge in [-0.25, -0.2) is 0 Å². The van der Waals surface area contributed by atoms with Gasteiger partial charge in [-0.3, -0.25) is 0 Å². The Kier molecular flexibility index (Phi) is 6.84. The second-order valence-electron chi connectivity index (χ2n) is 3.18. The van der Waals surface area contributed by atoms with Crippen LogP contribution in [0.25, 0.3) is 0 Å². The molecule has 0 aliphatic carbocycles. The van der Waals surface area contributed by atoms with E-state index in [1.54, 1.807) is 11.8 Å². The SMILES string of the molecule is CCCCSC(=S)SC(C)(C)C#N. The van der Waals surface area contributed by atoms with Crippen LogP contribution < -0.4 is 0 Å². The van der Waals surface area contributed by atoms with Gasteiger partial charge < -0.3 is 0 Å². The van der Waals surface area contributed by atoms with Gasteiger partial charge in [-0.2, -0.15) is 5.26 Å². The highest BCUT2D eigenvalue weighted by molar-refractivity contribution is 8.47. The first-order chi connectivity index (χ1) is 6.02. The molecule has 0 aromatic heterocycles. The van der Waals surface area contributed by atoms with E-state index < -0.39 is 0 Å². The number of thiocarbonyl (C=S) groups is 1. The van der Waals surface area contributed by atoms with E-state index in [4.69, 9.17) is 17.5 Å². The van der Waals surface area contributed by atoms with Crippen LogP contribution in [0.2, 0.25) is 0 Å². The summed E-state index contributed by atoms with van der Waals surface area (Å²) in [6, 6.07) is 2.22. The molecule has 74 valence electrons. The molecule has 0 fully saturated rings. The number of nitriles is 1. The molecular weight excluding hydrogens is 218 g/mol. The van der Waals surface area contributed by atoms with Crippen molar-refractivity contribution in [3.8, 4) is 6.07 Å². The quantitative estimate of drug-likeness (QED) is 0.544. The first-order valence-corrected chi connectivity index (χ1v) is 6.50. The van der Waals surface area contributed by atoms with Crippen molar-refractivity contribution < 1.29 is 0 Å². The average Bonchev–Trinajstić information content (AvgIpc) is 2.04. The minimum atomic E-state index is -0.379. The van der Waals surface area contributed by atoms with E-state index in [0.29, 0.717) is 0 Å². The van der Waals surface area contributed by atoms with Gasteiger partial charge in [0, 0.05) is 0 Å². The maximum atomic E-state index is 8.77. The van der Waals surface area contributed by atoms with Crippen LogP contribution in [-0.4, -0.2) is 14.0 Å². The van der Waals surface area contributed by atoms with Crippen LogP contribution in [0.3, 0.4) is 0 Å². The smallest absolute Gasteiger partial charge is 0.105 e. The van der Waals surface area contributed by atoms with E-state index in [-0.39, 0.29) is 4.75 Å². The molecule has 13 heavy (non-hydrogen) atoms. The van der Waals surface area contributed by atoms with Gasteiger partial charge in [-0.1, -0.05) is 37.3 Å². The first-order valence-electron chi connectivity index (χ1n) is 4.29. The summed E-state index contributed by atoms with van der Waals surface area (Å²) in [5.41, 5.74) is 0. The minimum Gasteiger partial charge on any atom is -0.197 e. The van der Waals surface area contributed by atoms with E-state index >= 15 is 0 Å². The Morgan fingerprint density at radius 1 is 1.54 bits per heavy atom. The molecule has 0 aromatic rings. The van der Waals surface area contributed by atoms with Gasteiger partial charge in [0.15, 0.2) is 0 Å². The van der Waals surface area contributed by atoms with Gasteiger partial charge in [-0.15, -0.1) is 11.8 Å². The number of unbranched alkanes of at least 4 members (excludes halogenated alkanes) is 1. The molecular formula is C9H15NS3. The zero-order valence-corrected chi connectivity index (χ0v) is 10.7. The van der Waals surface area contributed by atoms with Crippen LogP contribution in [0.4, 0.5) is 0 Å². The number of thioether (sulfide) groups is 2. The fourth-order valence-electron chi connectivity index (χ4n) is 0.560. The van der Waals surface area contributed by atoms with Gasteiger partial charge in [0.1, 0.15) is 8.28 Å². The third-order valence-electron chi connectivity index (χ3n) is 1.33. The number of rotatable bonds is 4. The Hall–Kier alpha value is 0.280. The van der Waals surface area contributed by atoms with E-state index in [2.05, 4.69) is 13.0 Å². The molecule has 1 nitrogen and oxygen atoms in total. The summed E-state index contributed by atoms with van der Waals surface area (Å²) in [5, 5.41) is 8.77. The molecule has 4 heteroatoms. The highest BCUT2D eigenvalue weighted by Gasteiger charge is 2.19. The van der Waals surface area contributed by atoms with Crippen molar-refractivity contribution >= 4 is 39.3 Å². The van der Waals surface area contributed by atoms with E-state index in [1.807, 2.05) is 13.8 Å². The van der Waals surface area contributed by atoms with E-state index in [9.17, 15) is 0 Å². The van der Waals surface area contributed by atoms with Crippen molar-refractivity contribution in [3.63, 3.8) is 0 Å². The third kappa shape index (κ3) is 7.36.